The van der Waals surface area contributed by atoms with Crippen molar-refractivity contribution in [1.82, 2.24) is 14.6 Å². The summed E-state index contributed by atoms with van der Waals surface area (Å²) in [5, 5.41) is 0. The molecule has 0 aromatic carbocycles. The molecule has 5 nitrogen and oxygen atoms in total. The van der Waals surface area contributed by atoms with Gasteiger partial charge < -0.3 is 4.90 Å². The van der Waals surface area contributed by atoms with Crippen LogP contribution in [0.4, 0.5) is 13.2 Å². The van der Waals surface area contributed by atoms with Gasteiger partial charge in [-0.15, -0.1) is 0 Å². The van der Waals surface area contributed by atoms with Gasteiger partial charge in [-0.05, 0) is 45.0 Å². The Morgan fingerprint density at radius 3 is 2.41 bits per heavy atom. The topological polar surface area (TPSA) is 62.3 Å². The van der Waals surface area contributed by atoms with Gasteiger partial charge >= 0.3 is 6.18 Å². The van der Waals surface area contributed by atoms with Gasteiger partial charge in [0.2, 0.25) is 10.0 Å². The molecule has 1 aromatic rings. The largest absolute Gasteiger partial charge is 0.433 e. The van der Waals surface area contributed by atoms with Gasteiger partial charge in [0.05, 0.1) is 0 Å². The quantitative estimate of drug-likeness (QED) is 0.859. The third kappa shape index (κ3) is 4.17. The molecule has 1 aromatic heterocycles. The molecule has 1 N–H and O–H groups in total. The van der Waals surface area contributed by atoms with E-state index in [1.807, 2.05) is 19.0 Å². The third-order valence-electron chi connectivity index (χ3n) is 3.65. The first-order valence-corrected chi connectivity index (χ1v) is 8.29. The maximum atomic E-state index is 12.4. The third-order valence-corrected chi connectivity index (χ3v) is 5.06. The Bertz CT molecular complexity index is 608. The van der Waals surface area contributed by atoms with Crippen LogP contribution in [-0.2, 0) is 16.2 Å². The lowest BCUT2D eigenvalue weighted by Gasteiger charge is -2.24. The molecule has 1 fully saturated rings. The summed E-state index contributed by atoms with van der Waals surface area (Å²) in [4.78, 5) is 4.85. The molecule has 22 heavy (non-hydrogen) atoms. The first kappa shape index (κ1) is 17.2. The lowest BCUT2D eigenvalue weighted by atomic mass is 10.2. The summed E-state index contributed by atoms with van der Waals surface area (Å²) in [6.45, 7) is 0.223. The molecule has 124 valence electrons. The summed E-state index contributed by atoms with van der Waals surface area (Å²) in [7, 11) is -0.119. The van der Waals surface area contributed by atoms with E-state index in [0.29, 0.717) is 12.0 Å². The molecule has 1 heterocycles. The van der Waals surface area contributed by atoms with Gasteiger partial charge in [0.1, 0.15) is 10.6 Å². The van der Waals surface area contributed by atoms with Crippen molar-refractivity contribution < 1.29 is 21.6 Å². The minimum atomic E-state index is -4.59. The summed E-state index contributed by atoms with van der Waals surface area (Å²) >= 11 is 0. The Labute approximate surface area is 127 Å². The van der Waals surface area contributed by atoms with Crippen LogP contribution in [-0.4, -0.2) is 45.0 Å². The minimum Gasteiger partial charge on any atom is -0.305 e. The monoisotopic (exact) mass is 337 g/mol. The van der Waals surface area contributed by atoms with Gasteiger partial charge in [-0.1, -0.05) is 0 Å². The summed E-state index contributed by atoms with van der Waals surface area (Å²) < 4.78 is 63.9. The van der Waals surface area contributed by atoms with Crippen LogP contribution in [0.1, 0.15) is 18.5 Å². The highest BCUT2D eigenvalue weighted by molar-refractivity contribution is 7.89. The lowest BCUT2D eigenvalue weighted by Crippen LogP contribution is -2.41. The zero-order chi connectivity index (χ0) is 16.5. The molecular formula is C13H18F3N3O2S. The van der Waals surface area contributed by atoms with Crippen LogP contribution in [0.5, 0.6) is 0 Å². The average molecular weight is 337 g/mol. The Morgan fingerprint density at radius 2 is 2.00 bits per heavy atom. The number of hydrogen-bond donors (Lipinski definition) is 1. The molecule has 1 saturated carbocycles. The van der Waals surface area contributed by atoms with E-state index >= 15 is 0 Å². The fourth-order valence-electron chi connectivity index (χ4n) is 2.24. The molecule has 1 aliphatic carbocycles. The molecule has 1 aliphatic rings. The number of sulfonamides is 1. The Balaban J connectivity index is 2.06. The molecule has 0 radical (unpaired) electrons. The van der Waals surface area contributed by atoms with Crippen molar-refractivity contribution >= 4 is 10.0 Å². The molecule has 1 atom stereocenters. The van der Waals surface area contributed by atoms with Crippen LogP contribution in [0.2, 0.25) is 0 Å². The number of rotatable bonds is 6. The minimum absolute atomic E-state index is 0.0807. The lowest BCUT2D eigenvalue weighted by molar-refractivity contribution is -0.141. The van der Waals surface area contributed by atoms with Gasteiger partial charge in [0.15, 0.2) is 0 Å². The molecule has 0 bridgehead atoms. The van der Waals surface area contributed by atoms with E-state index in [0.717, 1.165) is 25.1 Å². The van der Waals surface area contributed by atoms with Gasteiger partial charge in [-0.2, -0.15) is 13.2 Å². The van der Waals surface area contributed by atoms with Crippen LogP contribution < -0.4 is 4.72 Å². The van der Waals surface area contributed by atoms with Crippen molar-refractivity contribution in [2.24, 2.45) is 5.92 Å². The van der Waals surface area contributed by atoms with Crippen molar-refractivity contribution in [2.75, 3.05) is 20.6 Å². The zero-order valence-corrected chi connectivity index (χ0v) is 13.1. The predicted molar refractivity (Wildman–Crippen MR) is 74.6 cm³/mol. The van der Waals surface area contributed by atoms with Crippen LogP contribution in [0, 0.1) is 5.92 Å². The van der Waals surface area contributed by atoms with Crippen LogP contribution in [0.3, 0.4) is 0 Å². The maximum absolute atomic E-state index is 12.4. The number of aromatic nitrogens is 1. The van der Waals surface area contributed by atoms with Crippen molar-refractivity contribution in [3.05, 3.63) is 24.0 Å². The van der Waals surface area contributed by atoms with Crippen LogP contribution >= 0.6 is 0 Å². The number of nitrogens with zero attached hydrogens (tertiary/aromatic N) is 2. The molecule has 0 spiro atoms. The average Bonchev–Trinajstić information content (AvgIpc) is 3.22. The van der Waals surface area contributed by atoms with Crippen molar-refractivity contribution in [3.8, 4) is 0 Å². The number of halogens is 3. The molecule has 2 rings (SSSR count). The van der Waals surface area contributed by atoms with Gasteiger partial charge in [-0.25, -0.2) is 13.1 Å². The fraction of sp³-hybridized carbons (Fsp3) is 0.615. The molecule has 0 saturated heterocycles. The van der Waals surface area contributed by atoms with Crippen molar-refractivity contribution in [3.63, 3.8) is 0 Å². The highest BCUT2D eigenvalue weighted by Crippen LogP contribution is 2.34. The highest BCUT2D eigenvalue weighted by atomic mass is 32.2. The van der Waals surface area contributed by atoms with Gasteiger partial charge in [0, 0.05) is 18.8 Å². The summed E-state index contributed by atoms with van der Waals surface area (Å²) in [6, 6.07) is 1.66. The zero-order valence-electron chi connectivity index (χ0n) is 12.3. The number of nitrogens with one attached hydrogen (secondary N) is 1. The molecular weight excluding hydrogens is 319 g/mol. The second-order valence-electron chi connectivity index (χ2n) is 5.60. The standard InChI is InChI=1S/C13H18F3N3O2S/c1-19(2)11(9-3-4-9)8-18-22(20,21)10-5-6-12(17-7-10)13(14,15)16/h5-7,9,11,18H,3-4,8H2,1-2H3/t11-/m1/s1. The van der Waals surface area contributed by atoms with E-state index in [9.17, 15) is 21.6 Å². The van der Waals surface area contributed by atoms with E-state index in [1.165, 1.54) is 0 Å². The number of alkyl halides is 3. The SMILES string of the molecule is CN(C)[C@H](CNS(=O)(=O)c1ccc(C(F)(F)F)nc1)C1CC1. The Morgan fingerprint density at radius 1 is 1.36 bits per heavy atom. The van der Waals surface area contributed by atoms with Gasteiger partial charge in [0.25, 0.3) is 0 Å². The first-order chi connectivity index (χ1) is 10.1. The molecule has 0 aliphatic heterocycles. The van der Waals surface area contributed by atoms with Crippen LogP contribution in [0.15, 0.2) is 23.2 Å². The number of hydrogen-bond acceptors (Lipinski definition) is 4. The second kappa shape index (κ2) is 6.13. The van der Waals surface area contributed by atoms with Crippen LogP contribution in [0.25, 0.3) is 0 Å². The molecule has 0 amide bonds. The Kier molecular flexibility index (Phi) is 4.78. The highest BCUT2D eigenvalue weighted by Gasteiger charge is 2.34. The number of likely N-dealkylation sites (N-methyl/N-ethyl adjacent to an activating group) is 1. The summed E-state index contributed by atoms with van der Waals surface area (Å²) in [5.74, 6) is 0.462. The molecule has 0 unspecified atom stereocenters. The van der Waals surface area contributed by atoms with E-state index in [-0.39, 0.29) is 17.5 Å². The molecule has 9 heteroatoms. The fourth-order valence-corrected chi connectivity index (χ4v) is 3.23. The summed E-state index contributed by atoms with van der Waals surface area (Å²) in [6.07, 6.45) is -1.73. The van der Waals surface area contributed by atoms with E-state index in [1.54, 1.807) is 0 Å². The van der Waals surface area contributed by atoms with E-state index < -0.39 is 21.9 Å². The van der Waals surface area contributed by atoms with E-state index in [4.69, 9.17) is 0 Å². The first-order valence-electron chi connectivity index (χ1n) is 6.80. The predicted octanol–water partition coefficient (Wildman–Crippen LogP) is 1.72. The second-order valence-corrected chi connectivity index (χ2v) is 7.36. The van der Waals surface area contributed by atoms with E-state index in [2.05, 4.69) is 9.71 Å². The number of pyridine rings is 1. The maximum Gasteiger partial charge on any atom is 0.433 e. The normalized spacial score (nSPS) is 17.7. The summed E-state index contributed by atoms with van der Waals surface area (Å²) in [5.41, 5.74) is -1.12. The van der Waals surface area contributed by atoms with Gasteiger partial charge in [-0.3, -0.25) is 4.98 Å². The Hall–Kier alpha value is -1.19. The smallest absolute Gasteiger partial charge is 0.305 e. The van der Waals surface area contributed by atoms with Crippen molar-refractivity contribution in [2.45, 2.75) is 30.0 Å². The van der Waals surface area contributed by atoms with Crippen molar-refractivity contribution in [1.29, 1.82) is 0 Å².